The molecule has 0 aliphatic heterocycles. The fraction of sp³-hybridized carbons (Fsp3) is 0.462. The highest BCUT2D eigenvalue weighted by molar-refractivity contribution is 7.92. The molecule has 1 unspecified atom stereocenters. The minimum absolute atomic E-state index is 0.257. The average Bonchev–Trinajstić information content (AvgIpc) is 2.77. The molecular formula is C26H37N3O4S. The zero-order valence-corrected chi connectivity index (χ0v) is 21.9. The van der Waals surface area contributed by atoms with Crippen molar-refractivity contribution in [2.75, 3.05) is 30.2 Å². The summed E-state index contributed by atoms with van der Waals surface area (Å²) in [7, 11) is -3.74. The number of sulfonamides is 1. The maximum absolute atomic E-state index is 13.5. The van der Waals surface area contributed by atoms with Crippen LogP contribution in [0, 0.1) is 19.8 Å². The van der Waals surface area contributed by atoms with Crippen molar-refractivity contribution in [2.45, 2.75) is 47.1 Å². The molecule has 0 heterocycles. The molecule has 0 aliphatic rings. The molecular weight excluding hydrogens is 450 g/mol. The number of nitrogens with one attached hydrogen (secondary N) is 1. The fourth-order valence-corrected chi connectivity index (χ4v) is 4.50. The number of amides is 2. The minimum atomic E-state index is -3.74. The number of aryl methyl sites for hydroxylation is 2. The van der Waals surface area contributed by atoms with Gasteiger partial charge in [-0.05, 0) is 55.9 Å². The topological polar surface area (TPSA) is 86.8 Å². The molecule has 1 N–H and O–H groups in total. The lowest BCUT2D eigenvalue weighted by Crippen LogP contribution is -2.52. The van der Waals surface area contributed by atoms with E-state index >= 15 is 0 Å². The molecule has 2 aromatic carbocycles. The van der Waals surface area contributed by atoms with Crippen LogP contribution in [0.25, 0.3) is 0 Å². The summed E-state index contributed by atoms with van der Waals surface area (Å²) in [5.74, 6) is -0.406. The quantitative estimate of drug-likeness (QED) is 0.527. The van der Waals surface area contributed by atoms with Gasteiger partial charge < -0.3 is 10.2 Å². The van der Waals surface area contributed by atoms with E-state index in [1.807, 2.05) is 70.2 Å². The van der Waals surface area contributed by atoms with Gasteiger partial charge in [-0.2, -0.15) is 0 Å². The molecule has 2 rings (SSSR count). The summed E-state index contributed by atoms with van der Waals surface area (Å²) in [5.41, 5.74) is 3.15. The van der Waals surface area contributed by atoms with Gasteiger partial charge in [-0.1, -0.05) is 56.3 Å². The highest BCUT2D eigenvalue weighted by Crippen LogP contribution is 2.24. The Morgan fingerprint density at radius 2 is 1.65 bits per heavy atom. The van der Waals surface area contributed by atoms with Crippen molar-refractivity contribution in [3.63, 3.8) is 0 Å². The van der Waals surface area contributed by atoms with Gasteiger partial charge in [-0.15, -0.1) is 0 Å². The van der Waals surface area contributed by atoms with Gasteiger partial charge in [0, 0.05) is 13.1 Å². The highest BCUT2D eigenvalue weighted by Gasteiger charge is 2.30. The normalized spacial score (nSPS) is 12.3. The van der Waals surface area contributed by atoms with Crippen molar-refractivity contribution in [3.05, 3.63) is 65.2 Å². The molecule has 0 saturated carbocycles. The van der Waals surface area contributed by atoms with Crippen LogP contribution in [0.4, 0.5) is 5.69 Å². The van der Waals surface area contributed by atoms with Crippen molar-refractivity contribution >= 4 is 27.5 Å². The summed E-state index contributed by atoms with van der Waals surface area (Å²) in [5, 5.41) is 2.88. The number of hydrogen-bond acceptors (Lipinski definition) is 4. The maximum Gasteiger partial charge on any atom is 0.244 e. The summed E-state index contributed by atoms with van der Waals surface area (Å²) < 4.78 is 26.5. The Kier molecular flexibility index (Phi) is 9.67. The van der Waals surface area contributed by atoms with E-state index in [1.54, 1.807) is 13.0 Å². The van der Waals surface area contributed by atoms with E-state index < -0.39 is 22.0 Å². The lowest BCUT2D eigenvalue weighted by molar-refractivity contribution is -0.138. The number of rotatable bonds is 11. The Bertz CT molecular complexity index is 1080. The van der Waals surface area contributed by atoms with Gasteiger partial charge in [0.05, 0.1) is 11.9 Å². The van der Waals surface area contributed by atoms with Gasteiger partial charge in [0.25, 0.3) is 0 Å². The first-order valence-corrected chi connectivity index (χ1v) is 13.4. The Morgan fingerprint density at radius 1 is 1.00 bits per heavy atom. The van der Waals surface area contributed by atoms with E-state index in [0.29, 0.717) is 25.2 Å². The van der Waals surface area contributed by atoms with E-state index in [0.717, 1.165) is 27.3 Å². The van der Waals surface area contributed by atoms with Crippen LogP contribution in [-0.2, 0) is 26.0 Å². The second-order valence-electron chi connectivity index (χ2n) is 9.20. The third kappa shape index (κ3) is 7.87. The van der Waals surface area contributed by atoms with Gasteiger partial charge in [-0.25, -0.2) is 8.42 Å². The van der Waals surface area contributed by atoms with Gasteiger partial charge >= 0.3 is 0 Å². The van der Waals surface area contributed by atoms with Crippen LogP contribution in [0.15, 0.2) is 48.5 Å². The summed E-state index contributed by atoms with van der Waals surface area (Å²) in [4.78, 5) is 27.8. The predicted octanol–water partition coefficient (Wildman–Crippen LogP) is 3.30. The monoisotopic (exact) mass is 487 g/mol. The van der Waals surface area contributed by atoms with Gasteiger partial charge in [0.15, 0.2) is 0 Å². The van der Waals surface area contributed by atoms with Crippen molar-refractivity contribution in [1.82, 2.24) is 10.2 Å². The Balaban J connectivity index is 2.33. The largest absolute Gasteiger partial charge is 0.354 e. The van der Waals surface area contributed by atoms with Crippen molar-refractivity contribution in [3.8, 4) is 0 Å². The van der Waals surface area contributed by atoms with E-state index in [2.05, 4.69) is 5.32 Å². The zero-order valence-electron chi connectivity index (χ0n) is 21.0. The van der Waals surface area contributed by atoms with Gasteiger partial charge in [0.2, 0.25) is 21.8 Å². The molecule has 0 spiro atoms. The Hall–Kier alpha value is -2.87. The Morgan fingerprint density at radius 3 is 2.24 bits per heavy atom. The standard InChI is InChI=1S/C26H37N3O4S/c1-19(2)17-27-26(31)22(5)28(15-14-23-10-8-7-9-11-23)25(30)18-29(34(6,32)33)24-16-20(3)12-13-21(24)4/h7-13,16,19,22H,14-15,17-18H2,1-6H3,(H,27,31). The molecule has 0 fully saturated rings. The zero-order chi connectivity index (χ0) is 25.5. The summed E-state index contributed by atoms with van der Waals surface area (Å²) in [6.45, 7) is 9.78. The van der Waals surface area contributed by atoms with Crippen LogP contribution in [0.5, 0.6) is 0 Å². The van der Waals surface area contributed by atoms with Crippen LogP contribution in [0.2, 0.25) is 0 Å². The molecule has 0 aromatic heterocycles. The lowest BCUT2D eigenvalue weighted by atomic mass is 10.1. The number of carbonyl (C=O) groups is 2. The van der Waals surface area contributed by atoms with Gasteiger partial charge in [0.1, 0.15) is 12.6 Å². The highest BCUT2D eigenvalue weighted by atomic mass is 32.2. The molecule has 0 bridgehead atoms. The average molecular weight is 488 g/mol. The second-order valence-corrected chi connectivity index (χ2v) is 11.1. The predicted molar refractivity (Wildman–Crippen MR) is 137 cm³/mol. The molecule has 7 nitrogen and oxygen atoms in total. The van der Waals surface area contributed by atoms with Crippen LogP contribution in [-0.4, -0.2) is 57.1 Å². The first-order valence-electron chi connectivity index (χ1n) is 11.6. The fourth-order valence-electron chi connectivity index (χ4n) is 3.61. The number of nitrogens with zero attached hydrogens (tertiary/aromatic N) is 2. The van der Waals surface area contributed by atoms with Crippen molar-refractivity contribution < 1.29 is 18.0 Å². The molecule has 2 aromatic rings. The molecule has 8 heteroatoms. The molecule has 186 valence electrons. The molecule has 0 radical (unpaired) electrons. The summed E-state index contributed by atoms with van der Waals surface area (Å²) in [6, 6.07) is 14.4. The maximum atomic E-state index is 13.5. The number of carbonyl (C=O) groups excluding carboxylic acids is 2. The number of benzene rings is 2. The SMILES string of the molecule is Cc1ccc(C)c(N(CC(=O)N(CCc2ccccc2)C(C)C(=O)NCC(C)C)S(C)(=O)=O)c1. The van der Waals surface area contributed by atoms with E-state index in [4.69, 9.17) is 0 Å². The number of hydrogen-bond donors (Lipinski definition) is 1. The Labute approximate surface area is 204 Å². The van der Waals surface area contributed by atoms with Crippen molar-refractivity contribution in [2.24, 2.45) is 5.92 Å². The molecule has 0 saturated heterocycles. The van der Waals surface area contributed by atoms with E-state index in [9.17, 15) is 18.0 Å². The second kappa shape index (κ2) is 12.0. The molecule has 34 heavy (non-hydrogen) atoms. The molecule has 0 aliphatic carbocycles. The summed E-state index contributed by atoms with van der Waals surface area (Å²) in [6.07, 6.45) is 1.64. The molecule has 2 amide bonds. The van der Waals surface area contributed by atoms with E-state index in [-0.39, 0.29) is 18.4 Å². The summed E-state index contributed by atoms with van der Waals surface area (Å²) >= 11 is 0. The van der Waals surface area contributed by atoms with Crippen LogP contribution < -0.4 is 9.62 Å². The molecule has 1 atom stereocenters. The van der Waals surface area contributed by atoms with Crippen LogP contribution in [0.1, 0.15) is 37.5 Å². The first-order chi connectivity index (χ1) is 15.9. The van der Waals surface area contributed by atoms with Crippen molar-refractivity contribution in [1.29, 1.82) is 0 Å². The minimum Gasteiger partial charge on any atom is -0.354 e. The lowest BCUT2D eigenvalue weighted by Gasteiger charge is -2.32. The first kappa shape index (κ1) is 27.4. The van der Waals surface area contributed by atoms with Gasteiger partial charge in [-0.3, -0.25) is 13.9 Å². The third-order valence-electron chi connectivity index (χ3n) is 5.65. The smallest absolute Gasteiger partial charge is 0.244 e. The number of anilines is 1. The van der Waals surface area contributed by atoms with E-state index in [1.165, 1.54) is 4.90 Å². The third-order valence-corrected chi connectivity index (χ3v) is 6.78. The van der Waals surface area contributed by atoms with Crippen LogP contribution in [0.3, 0.4) is 0 Å². The van der Waals surface area contributed by atoms with Crippen LogP contribution >= 0.6 is 0 Å².